The molecule has 21 heavy (non-hydrogen) atoms. The summed E-state index contributed by atoms with van der Waals surface area (Å²) in [6.07, 6.45) is 1.72. The number of fused-ring (bicyclic) bond motifs is 3. The Bertz CT molecular complexity index is 652. The average molecular weight is 278 g/mol. The second-order valence-electron chi connectivity index (χ2n) is 6.63. The topological polar surface area (TPSA) is 6.48 Å². The van der Waals surface area contributed by atoms with Crippen molar-refractivity contribution in [2.24, 2.45) is 0 Å². The van der Waals surface area contributed by atoms with Gasteiger partial charge in [0.2, 0.25) is 0 Å². The van der Waals surface area contributed by atoms with Gasteiger partial charge in [0.1, 0.15) is 0 Å². The highest BCUT2D eigenvalue weighted by molar-refractivity contribution is 5.64. The van der Waals surface area contributed by atoms with E-state index in [0.29, 0.717) is 6.17 Å². The third kappa shape index (κ3) is 1.82. The van der Waals surface area contributed by atoms with Crippen LogP contribution in [-0.4, -0.2) is 24.7 Å². The van der Waals surface area contributed by atoms with Crippen LogP contribution in [0.2, 0.25) is 0 Å². The fourth-order valence-electron chi connectivity index (χ4n) is 4.36. The molecule has 0 spiro atoms. The molecular formula is C19H22N2. The number of anilines is 1. The number of hydrogen-bond acceptors (Lipinski definition) is 2. The van der Waals surface area contributed by atoms with E-state index in [4.69, 9.17) is 0 Å². The van der Waals surface area contributed by atoms with Crippen molar-refractivity contribution >= 4 is 5.69 Å². The zero-order valence-corrected chi connectivity index (χ0v) is 12.8. The molecule has 2 aromatic rings. The zero-order valence-electron chi connectivity index (χ0n) is 12.8. The minimum atomic E-state index is 0.264. The summed E-state index contributed by atoms with van der Waals surface area (Å²) >= 11 is 0. The number of para-hydroxylation sites is 1. The van der Waals surface area contributed by atoms with Gasteiger partial charge in [-0.15, -0.1) is 0 Å². The van der Waals surface area contributed by atoms with E-state index in [1.165, 1.54) is 29.8 Å². The number of benzene rings is 2. The monoisotopic (exact) mass is 278 g/mol. The molecule has 0 radical (unpaired) electrons. The van der Waals surface area contributed by atoms with Gasteiger partial charge >= 0.3 is 0 Å². The maximum Gasteiger partial charge on any atom is 0.0917 e. The summed E-state index contributed by atoms with van der Waals surface area (Å²) in [5.74, 6) is 0. The van der Waals surface area contributed by atoms with Crippen LogP contribution in [0.3, 0.4) is 0 Å². The van der Waals surface area contributed by atoms with Crippen LogP contribution < -0.4 is 4.90 Å². The second-order valence-corrected chi connectivity index (χ2v) is 6.63. The van der Waals surface area contributed by atoms with E-state index in [2.05, 4.69) is 78.4 Å². The molecule has 4 rings (SSSR count). The number of nitrogens with zero attached hydrogens (tertiary/aromatic N) is 2. The smallest absolute Gasteiger partial charge is 0.0917 e. The first-order valence-corrected chi connectivity index (χ1v) is 7.80. The molecule has 2 nitrogen and oxygen atoms in total. The highest BCUT2D eigenvalue weighted by Gasteiger charge is 2.52. The highest BCUT2D eigenvalue weighted by Crippen LogP contribution is 2.51. The Morgan fingerprint density at radius 2 is 1.76 bits per heavy atom. The molecule has 0 aromatic heterocycles. The lowest BCUT2D eigenvalue weighted by Gasteiger charge is -2.34. The van der Waals surface area contributed by atoms with Gasteiger partial charge in [0.05, 0.1) is 6.17 Å². The van der Waals surface area contributed by atoms with E-state index in [-0.39, 0.29) is 5.41 Å². The first-order chi connectivity index (χ1) is 10.2. The lowest BCUT2D eigenvalue weighted by molar-refractivity contribution is 0.215. The Balaban J connectivity index is 1.68. The Labute approximate surface area is 127 Å². The third-order valence-corrected chi connectivity index (χ3v) is 5.33. The molecule has 2 unspecified atom stereocenters. The van der Waals surface area contributed by atoms with E-state index in [1.807, 2.05) is 0 Å². The average Bonchev–Trinajstić information content (AvgIpc) is 2.95. The minimum Gasteiger partial charge on any atom is -0.358 e. The Morgan fingerprint density at radius 3 is 2.57 bits per heavy atom. The van der Waals surface area contributed by atoms with Crippen LogP contribution in [0.5, 0.6) is 0 Å². The number of hydrogen-bond donors (Lipinski definition) is 0. The van der Waals surface area contributed by atoms with Gasteiger partial charge in [-0.05, 0) is 23.6 Å². The fraction of sp³-hybridized carbons (Fsp3) is 0.368. The molecule has 2 aromatic carbocycles. The fourth-order valence-corrected chi connectivity index (χ4v) is 4.36. The second kappa shape index (κ2) is 4.60. The lowest BCUT2D eigenvalue weighted by Crippen LogP contribution is -2.46. The number of likely N-dealkylation sites (tertiary alicyclic amines) is 1. The largest absolute Gasteiger partial charge is 0.358 e. The van der Waals surface area contributed by atoms with Crippen molar-refractivity contribution in [3.8, 4) is 0 Å². The molecule has 2 aliphatic rings. The zero-order chi connectivity index (χ0) is 14.4. The SMILES string of the molecule is CN1c2ccccc2C2(C)CCN(Cc3ccccc3)C12. The van der Waals surface area contributed by atoms with Crippen molar-refractivity contribution in [1.29, 1.82) is 0 Å². The first-order valence-electron chi connectivity index (χ1n) is 7.80. The summed E-state index contributed by atoms with van der Waals surface area (Å²) in [5, 5.41) is 0. The molecule has 0 aliphatic carbocycles. The van der Waals surface area contributed by atoms with Gasteiger partial charge in [0.25, 0.3) is 0 Å². The van der Waals surface area contributed by atoms with Crippen LogP contribution in [0, 0.1) is 0 Å². The molecule has 2 atom stereocenters. The van der Waals surface area contributed by atoms with E-state index in [1.54, 1.807) is 0 Å². The van der Waals surface area contributed by atoms with Crippen molar-refractivity contribution in [2.75, 3.05) is 18.5 Å². The molecule has 0 amide bonds. The van der Waals surface area contributed by atoms with Gasteiger partial charge in [0, 0.05) is 31.2 Å². The van der Waals surface area contributed by atoms with Crippen LogP contribution in [0.4, 0.5) is 5.69 Å². The van der Waals surface area contributed by atoms with Crippen molar-refractivity contribution in [2.45, 2.75) is 31.5 Å². The van der Waals surface area contributed by atoms with Gasteiger partial charge in [0.15, 0.2) is 0 Å². The maximum atomic E-state index is 2.63. The summed E-state index contributed by atoms with van der Waals surface area (Å²) in [4.78, 5) is 5.11. The van der Waals surface area contributed by atoms with Crippen molar-refractivity contribution in [1.82, 2.24) is 4.90 Å². The van der Waals surface area contributed by atoms with E-state index < -0.39 is 0 Å². The third-order valence-electron chi connectivity index (χ3n) is 5.33. The van der Waals surface area contributed by atoms with E-state index >= 15 is 0 Å². The molecule has 1 saturated heterocycles. The summed E-state index contributed by atoms with van der Waals surface area (Å²) < 4.78 is 0. The quantitative estimate of drug-likeness (QED) is 0.827. The van der Waals surface area contributed by atoms with Crippen LogP contribution >= 0.6 is 0 Å². The summed E-state index contributed by atoms with van der Waals surface area (Å²) in [5.41, 5.74) is 4.60. The van der Waals surface area contributed by atoms with E-state index in [9.17, 15) is 0 Å². The maximum absolute atomic E-state index is 2.63. The molecule has 2 aliphatic heterocycles. The van der Waals surface area contributed by atoms with Gasteiger partial charge in [-0.3, -0.25) is 4.90 Å². The molecule has 0 saturated carbocycles. The Morgan fingerprint density at radius 1 is 1.05 bits per heavy atom. The minimum absolute atomic E-state index is 0.264. The highest BCUT2D eigenvalue weighted by atomic mass is 15.4. The van der Waals surface area contributed by atoms with Crippen molar-refractivity contribution < 1.29 is 0 Å². The summed E-state index contributed by atoms with van der Waals surface area (Å²) in [6, 6.07) is 19.7. The summed E-state index contributed by atoms with van der Waals surface area (Å²) in [6.45, 7) is 4.65. The number of likely N-dealkylation sites (N-methyl/N-ethyl adjacent to an activating group) is 1. The van der Waals surface area contributed by atoms with Crippen LogP contribution in [-0.2, 0) is 12.0 Å². The Hall–Kier alpha value is -1.80. The van der Waals surface area contributed by atoms with Crippen LogP contribution in [0.15, 0.2) is 54.6 Å². The lowest BCUT2D eigenvalue weighted by atomic mass is 9.81. The van der Waals surface area contributed by atoms with Crippen LogP contribution in [0.25, 0.3) is 0 Å². The normalized spacial score (nSPS) is 27.7. The molecule has 2 heteroatoms. The standard InChI is InChI=1S/C19H22N2/c1-19-12-13-21(14-15-8-4-3-5-9-15)18(19)20(2)17-11-7-6-10-16(17)19/h3-11,18H,12-14H2,1-2H3. The first kappa shape index (κ1) is 12.9. The predicted molar refractivity (Wildman–Crippen MR) is 87.5 cm³/mol. The molecule has 1 fully saturated rings. The van der Waals surface area contributed by atoms with Crippen molar-refractivity contribution in [3.63, 3.8) is 0 Å². The molecular weight excluding hydrogens is 256 g/mol. The molecule has 108 valence electrons. The number of rotatable bonds is 2. The van der Waals surface area contributed by atoms with Gasteiger partial charge in [-0.25, -0.2) is 0 Å². The van der Waals surface area contributed by atoms with Gasteiger partial charge in [-0.2, -0.15) is 0 Å². The van der Waals surface area contributed by atoms with Crippen molar-refractivity contribution in [3.05, 3.63) is 65.7 Å². The van der Waals surface area contributed by atoms with E-state index in [0.717, 1.165) is 6.54 Å². The van der Waals surface area contributed by atoms with Gasteiger partial charge in [-0.1, -0.05) is 55.5 Å². The Kier molecular flexibility index (Phi) is 2.83. The molecule has 0 bridgehead atoms. The molecule has 0 N–H and O–H groups in total. The molecule has 2 heterocycles. The van der Waals surface area contributed by atoms with Gasteiger partial charge < -0.3 is 4.90 Å². The predicted octanol–water partition coefficient (Wildman–Crippen LogP) is 3.63. The van der Waals surface area contributed by atoms with Crippen LogP contribution in [0.1, 0.15) is 24.5 Å². The summed E-state index contributed by atoms with van der Waals surface area (Å²) in [7, 11) is 2.25.